The molecule has 0 aliphatic heterocycles. The average Bonchev–Trinajstić information content (AvgIpc) is 3.21. The fraction of sp³-hybridized carbons (Fsp3) is 0.167. The van der Waals surface area contributed by atoms with Crippen LogP contribution in [0.5, 0.6) is 0 Å². The number of hydrogen-bond donors (Lipinski definition) is 2. The Hall–Kier alpha value is -4.45. The molecule has 8 nitrogen and oxygen atoms in total. The lowest BCUT2D eigenvalue weighted by atomic mass is 9.98. The lowest BCUT2D eigenvalue weighted by Crippen LogP contribution is -2.22. The van der Waals surface area contributed by atoms with Gasteiger partial charge in [0, 0.05) is 16.8 Å². The molecule has 0 spiro atoms. The van der Waals surface area contributed by atoms with Crippen LogP contribution >= 0.6 is 0 Å². The van der Waals surface area contributed by atoms with Crippen LogP contribution in [0, 0.1) is 17.1 Å². The summed E-state index contributed by atoms with van der Waals surface area (Å²) in [5.41, 5.74) is 2.02. The number of nitrogens with one attached hydrogen (secondary N) is 2. The molecule has 0 fully saturated rings. The molecule has 0 bridgehead atoms. The Labute approximate surface area is 188 Å². The molecule has 9 heteroatoms. The minimum atomic E-state index is -0.744. The topological polar surface area (TPSA) is 112 Å². The molecule has 0 unspecified atom stereocenters. The number of ether oxygens (including phenoxy) is 1. The second kappa shape index (κ2) is 8.96. The number of nitriles is 1. The predicted octanol–water partition coefficient (Wildman–Crippen LogP) is 4.57. The Morgan fingerprint density at radius 1 is 1.27 bits per heavy atom. The third-order valence-electron chi connectivity index (χ3n) is 5.05. The van der Waals surface area contributed by atoms with E-state index in [2.05, 4.69) is 15.4 Å². The number of aromatic nitrogens is 3. The number of halogens is 1. The molecule has 0 aliphatic carbocycles. The number of benzene rings is 2. The summed E-state index contributed by atoms with van der Waals surface area (Å²) in [5, 5.41) is 15.8. The molecule has 0 saturated carbocycles. The van der Waals surface area contributed by atoms with E-state index in [0.29, 0.717) is 16.8 Å². The predicted molar refractivity (Wildman–Crippen MR) is 120 cm³/mol. The fourth-order valence-corrected chi connectivity index (χ4v) is 3.56. The van der Waals surface area contributed by atoms with Gasteiger partial charge in [-0.3, -0.25) is 10.1 Å². The number of rotatable bonds is 5. The Kier molecular flexibility index (Phi) is 5.91. The minimum absolute atomic E-state index is 0.0640. The van der Waals surface area contributed by atoms with Gasteiger partial charge in [0.1, 0.15) is 24.1 Å². The zero-order valence-electron chi connectivity index (χ0n) is 17.9. The van der Waals surface area contributed by atoms with Crippen LogP contribution in [-0.2, 0) is 11.3 Å². The van der Waals surface area contributed by atoms with E-state index >= 15 is 0 Å². The molecular weight excluding hydrogens is 425 g/mol. The first-order valence-corrected chi connectivity index (χ1v) is 10.2. The van der Waals surface area contributed by atoms with Crippen LogP contribution in [0.2, 0.25) is 0 Å². The molecule has 166 valence electrons. The average molecular weight is 445 g/mol. The first kappa shape index (κ1) is 21.8. The van der Waals surface area contributed by atoms with Gasteiger partial charge in [0.25, 0.3) is 5.56 Å². The van der Waals surface area contributed by atoms with Gasteiger partial charge in [-0.25, -0.2) is 9.18 Å². The summed E-state index contributed by atoms with van der Waals surface area (Å²) in [6, 6.07) is 15.1. The van der Waals surface area contributed by atoms with Crippen molar-refractivity contribution in [1.29, 1.82) is 5.26 Å². The van der Waals surface area contributed by atoms with Gasteiger partial charge in [0.2, 0.25) is 0 Å². The van der Waals surface area contributed by atoms with Gasteiger partial charge in [-0.05, 0) is 29.7 Å². The standard InChI is InChI=1S/C24H20FN5O3/c1-14(2)20-21(29-22-17(11-26)12-27-30(22)23(20)31)16-8-18(25)10-19(9-16)28-24(32)33-13-15-6-4-3-5-7-15/h3-10,12,14,29H,13H2,1-2H3,(H,28,32). The van der Waals surface area contributed by atoms with Gasteiger partial charge in [-0.2, -0.15) is 14.9 Å². The first-order chi connectivity index (χ1) is 15.9. The number of anilines is 1. The third kappa shape index (κ3) is 4.45. The van der Waals surface area contributed by atoms with Crippen LogP contribution in [0.1, 0.15) is 36.5 Å². The van der Waals surface area contributed by atoms with Crippen molar-refractivity contribution < 1.29 is 13.9 Å². The molecule has 0 atom stereocenters. The molecule has 0 aliphatic rings. The second-order valence-electron chi connectivity index (χ2n) is 7.72. The molecule has 4 rings (SSSR count). The summed E-state index contributed by atoms with van der Waals surface area (Å²) >= 11 is 0. The van der Waals surface area contributed by atoms with E-state index in [1.54, 1.807) is 0 Å². The van der Waals surface area contributed by atoms with E-state index in [9.17, 15) is 19.2 Å². The van der Waals surface area contributed by atoms with Crippen molar-refractivity contribution in [1.82, 2.24) is 14.6 Å². The highest BCUT2D eigenvalue weighted by Crippen LogP contribution is 2.29. The normalized spacial score (nSPS) is 10.9. The number of nitrogens with zero attached hydrogens (tertiary/aromatic N) is 3. The van der Waals surface area contributed by atoms with Crippen LogP contribution in [0.15, 0.2) is 59.5 Å². The maximum Gasteiger partial charge on any atom is 0.411 e. The van der Waals surface area contributed by atoms with E-state index in [-0.39, 0.29) is 29.4 Å². The summed E-state index contributed by atoms with van der Waals surface area (Å²) in [6.45, 7) is 3.72. The molecule has 2 heterocycles. The number of carbonyl (C=O) groups is 1. The highest BCUT2D eigenvalue weighted by Gasteiger charge is 2.20. The molecule has 0 radical (unpaired) electrons. The number of fused-ring (bicyclic) bond motifs is 1. The zero-order valence-corrected chi connectivity index (χ0v) is 17.9. The van der Waals surface area contributed by atoms with Gasteiger partial charge in [-0.1, -0.05) is 44.2 Å². The Morgan fingerprint density at radius 2 is 2.03 bits per heavy atom. The van der Waals surface area contributed by atoms with Crippen molar-refractivity contribution in [2.24, 2.45) is 0 Å². The Morgan fingerprint density at radius 3 is 2.73 bits per heavy atom. The van der Waals surface area contributed by atoms with E-state index in [0.717, 1.165) is 16.1 Å². The first-order valence-electron chi connectivity index (χ1n) is 10.2. The van der Waals surface area contributed by atoms with Crippen LogP contribution in [0.25, 0.3) is 16.9 Å². The zero-order chi connectivity index (χ0) is 23.5. The van der Waals surface area contributed by atoms with Crippen LogP contribution < -0.4 is 10.9 Å². The second-order valence-corrected chi connectivity index (χ2v) is 7.72. The van der Waals surface area contributed by atoms with Crippen molar-refractivity contribution in [3.8, 4) is 17.3 Å². The summed E-state index contributed by atoms with van der Waals surface area (Å²) in [7, 11) is 0. The molecule has 1 amide bonds. The maximum atomic E-state index is 14.5. The lowest BCUT2D eigenvalue weighted by Gasteiger charge is -2.15. The van der Waals surface area contributed by atoms with Crippen molar-refractivity contribution in [3.05, 3.63) is 87.6 Å². The maximum absolute atomic E-state index is 14.5. The molecule has 2 aromatic heterocycles. The SMILES string of the molecule is CC(C)c1c(-c2cc(F)cc(NC(=O)OCc3ccccc3)c2)[nH]c2c(C#N)cnn2c1=O. The van der Waals surface area contributed by atoms with Crippen molar-refractivity contribution in [2.75, 3.05) is 5.32 Å². The van der Waals surface area contributed by atoms with Crippen molar-refractivity contribution in [2.45, 2.75) is 26.4 Å². The molecular formula is C24H20FN5O3. The third-order valence-corrected chi connectivity index (χ3v) is 5.05. The van der Waals surface area contributed by atoms with Gasteiger partial charge < -0.3 is 9.72 Å². The van der Waals surface area contributed by atoms with Crippen LogP contribution in [-0.4, -0.2) is 20.7 Å². The van der Waals surface area contributed by atoms with Crippen molar-refractivity contribution in [3.63, 3.8) is 0 Å². The van der Waals surface area contributed by atoms with Crippen LogP contribution in [0.4, 0.5) is 14.9 Å². The van der Waals surface area contributed by atoms with Crippen LogP contribution in [0.3, 0.4) is 0 Å². The van der Waals surface area contributed by atoms with Gasteiger partial charge in [-0.15, -0.1) is 0 Å². The largest absolute Gasteiger partial charge is 0.444 e. The molecule has 2 aromatic carbocycles. The van der Waals surface area contributed by atoms with Gasteiger partial charge in [0.15, 0.2) is 5.65 Å². The fourth-order valence-electron chi connectivity index (χ4n) is 3.56. The highest BCUT2D eigenvalue weighted by molar-refractivity contribution is 5.86. The highest BCUT2D eigenvalue weighted by atomic mass is 19.1. The molecule has 33 heavy (non-hydrogen) atoms. The smallest absolute Gasteiger partial charge is 0.411 e. The number of amides is 1. The van der Waals surface area contributed by atoms with Gasteiger partial charge >= 0.3 is 6.09 Å². The molecule has 4 aromatic rings. The van der Waals surface area contributed by atoms with Gasteiger partial charge in [0.05, 0.1) is 11.9 Å². The summed E-state index contributed by atoms with van der Waals surface area (Å²) < 4.78 is 20.8. The molecule has 2 N–H and O–H groups in total. The summed E-state index contributed by atoms with van der Waals surface area (Å²) in [5.74, 6) is -0.839. The number of aromatic amines is 1. The molecule has 0 saturated heterocycles. The number of hydrogen-bond acceptors (Lipinski definition) is 5. The van der Waals surface area contributed by atoms with Crippen molar-refractivity contribution >= 4 is 17.4 Å². The lowest BCUT2D eigenvalue weighted by molar-refractivity contribution is 0.155. The summed E-state index contributed by atoms with van der Waals surface area (Å²) in [4.78, 5) is 28.3. The number of carbonyl (C=O) groups excluding carboxylic acids is 1. The van der Waals surface area contributed by atoms with E-state index < -0.39 is 17.5 Å². The number of H-pyrrole nitrogens is 1. The Bertz CT molecular complexity index is 1430. The minimum Gasteiger partial charge on any atom is -0.444 e. The van der Waals surface area contributed by atoms with E-state index in [1.807, 2.05) is 50.2 Å². The quantitative estimate of drug-likeness (QED) is 0.467. The monoisotopic (exact) mass is 445 g/mol. The Balaban J connectivity index is 1.70. The summed E-state index contributed by atoms with van der Waals surface area (Å²) in [6.07, 6.45) is 0.550. The van der Waals surface area contributed by atoms with E-state index in [1.165, 1.54) is 18.3 Å². The van der Waals surface area contributed by atoms with E-state index in [4.69, 9.17) is 4.74 Å².